The molecule has 10 heavy (non-hydrogen) atoms. The normalized spacial score (nSPS) is 11.3. The SMILES string of the molecule is C[C-]=NC(C)=[C-]C(C)=O.[W+2]. The maximum atomic E-state index is 10.3. The number of aliphatic imine (C=N–C) groups is 1. The fourth-order valence-electron chi connectivity index (χ4n) is 0.450. The van der Waals surface area contributed by atoms with E-state index in [1.54, 1.807) is 13.8 Å². The third kappa shape index (κ3) is 7.77. The van der Waals surface area contributed by atoms with Crippen molar-refractivity contribution < 1.29 is 25.9 Å². The molecule has 0 aromatic carbocycles. The van der Waals surface area contributed by atoms with E-state index in [9.17, 15) is 4.79 Å². The molecule has 3 heteroatoms. The second kappa shape index (κ2) is 6.88. The Labute approximate surface area is 75.7 Å². The zero-order chi connectivity index (χ0) is 7.28. The van der Waals surface area contributed by atoms with Gasteiger partial charge in [0.2, 0.25) is 0 Å². The number of carbonyl (C=O) groups is 1. The molecule has 0 bridgehead atoms. The summed E-state index contributed by atoms with van der Waals surface area (Å²) in [4.78, 5) is 14.0. The van der Waals surface area contributed by atoms with Crippen LogP contribution in [0.2, 0.25) is 0 Å². The van der Waals surface area contributed by atoms with Gasteiger partial charge in [-0.15, -0.1) is 13.8 Å². The standard InChI is InChI=1S/C7H9NO.W/c1-4-8-6(2)5-7(3)9;/h1-3H3;/q-2;+2. The van der Waals surface area contributed by atoms with Crippen LogP contribution >= 0.6 is 0 Å². The maximum absolute atomic E-state index is 10.3. The predicted octanol–water partition coefficient (Wildman–Crippen LogP) is 1.25. The van der Waals surface area contributed by atoms with Gasteiger partial charge in [-0.1, -0.05) is 0 Å². The Kier molecular flexibility index (Phi) is 8.57. The van der Waals surface area contributed by atoms with E-state index in [0.717, 1.165) is 0 Å². The van der Waals surface area contributed by atoms with E-state index in [4.69, 9.17) is 0 Å². The van der Waals surface area contributed by atoms with Gasteiger partial charge in [0.05, 0.1) is 0 Å². The van der Waals surface area contributed by atoms with Crippen LogP contribution in [0.4, 0.5) is 0 Å². The minimum absolute atomic E-state index is 0. The minimum atomic E-state index is -0.105. The second-order valence-electron chi connectivity index (χ2n) is 1.60. The number of rotatable bonds is 2. The van der Waals surface area contributed by atoms with Crippen LogP contribution in [0, 0.1) is 6.08 Å². The van der Waals surface area contributed by atoms with Gasteiger partial charge in [-0.25, -0.2) is 0 Å². The molecule has 0 saturated carbocycles. The molecule has 0 amide bonds. The summed E-state index contributed by atoms with van der Waals surface area (Å²) in [5.74, 6) is -0.105. The number of carbonyl (C=O) groups excluding carboxylic acids is 1. The van der Waals surface area contributed by atoms with E-state index in [1.807, 2.05) is 0 Å². The van der Waals surface area contributed by atoms with Gasteiger partial charge in [-0.3, -0.25) is 5.70 Å². The number of nitrogens with zero attached hydrogens (tertiary/aromatic N) is 1. The molecule has 0 aliphatic rings. The summed E-state index contributed by atoms with van der Waals surface area (Å²) in [6.07, 6.45) is 5.04. The first-order valence-electron chi connectivity index (χ1n) is 2.65. The van der Waals surface area contributed by atoms with Gasteiger partial charge in [0.15, 0.2) is 0 Å². The summed E-state index contributed by atoms with van der Waals surface area (Å²) < 4.78 is 0. The first-order chi connectivity index (χ1) is 4.16. The van der Waals surface area contributed by atoms with Crippen molar-refractivity contribution in [3.05, 3.63) is 11.8 Å². The van der Waals surface area contributed by atoms with E-state index in [0.29, 0.717) is 5.70 Å². The summed E-state index contributed by atoms with van der Waals surface area (Å²) in [6.45, 7) is 4.82. The van der Waals surface area contributed by atoms with Crippen molar-refractivity contribution in [2.24, 2.45) is 4.99 Å². The smallest absolute Gasteiger partial charge is 0.511 e. The van der Waals surface area contributed by atoms with Gasteiger partial charge in [0.1, 0.15) is 0 Å². The second-order valence-corrected chi connectivity index (χ2v) is 1.60. The van der Waals surface area contributed by atoms with Crippen LogP contribution in [0.5, 0.6) is 0 Å². The average molecular weight is 307 g/mol. The van der Waals surface area contributed by atoms with Crippen LogP contribution in [-0.2, 0) is 25.9 Å². The molecule has 0 atom stereocenters. The molecule has 0 fully saturated rings. The largest absolute Gasteiger partial charge is 2.00 e. The van der Waals surface area contributed by atoms with Crippen LogP contribution in [0.15, 0.2) is 10.7 Å². The van der Waals surface area contributed by atoms with Crippen LogP contribution < -0.4 is 0 Å². The average Bonchev–Trinajstić information content (AvgIpc) is 1.63. The molecule has 0 aromatic heterocycles. The van der Waals surface area contributed by atoms with E-state index in [1.165, 1.54) is 6.92 Å². The molecule has 0 saturated heterocycles. The van der Waals surface area contributed by atoms with Crippen molar-refractivity contribution in [2.75, 3.05) is 0 Å². The van der Waals surface area contributed by atoms with Crippen molar-refractivity contribution in [3.8, 4) is 0 Å². The minimum Gasteiger partial charge on any atom is -0.511 e. The molecule has 0 rings (SSSR count). The van der Waals surface area contributed by atoms with Crippen LogP contribution in [-0.4, -0.2) is 12.0 Å². The summed E-state index contributed by atoms with van der Waals surface area (Å²) in [5, 5.41) is 0. The number of hydrogen-bond acceptors (Lipinski definition) is 2. The molecule has 0 aromatic rings. The molecule has 0 radical (unpaired) electrons. The Morgan fingerprint density at radius 1 is 1.40 bits per heavy atom. The topological polar surface area (TPSA) is 29.4 Å². The third-order valence-electron chi connectivity index (χ3n) is 0.636. The summed E-state index contributed by atoms with van der Waals surface area (Å²) in [5.41, 5.74) is 0.574. The van der Waals surface area contributed by atoms with Crippen LogP contribution in [0.1, 0.15) is 20.8 Å². The molecule has 54 valence electrons. The van der Waals surface area contributed by atoms with Crippen molar-refractivity contribution in [1.29, 1.82) is 0 Å². The van der Waals surface area contributed by atoms with Crippen molar-refractivity contribution in [3.63, 3.8) is 0 Å². The molecule has 2 nitrogen and oxygen atoms in total. The fourth-order valence-corrected chi connectivity index (χ4v) is 0.450. The van der Waals surface area contributed by atoms with Gasteiger partial charge < -0.3 is 15.9 Å². The Hall–Kier alpha value is -0.232. The molecule has 0 aliphatic carbocycles. The molecule has 0 heterocycles. The monoisotopic (exact) mass is 307 g/mol. The summed E-state index contributed by atoms with van der Waals surface area (Å²) >= 11 is 0. The van der Waals surface area contributed by atoms with Gasteiger partial charge in [-0.05, 0) is 12.7 Å². The zero-order valence-electron chi connectivity index (χ0n) is 6.26. The predicted molar refractivity (Wildman–Crippen MR) is 36.2 cm³/mol. The first-order valence-corrected chi connectivity index (χ1v) is 2.65. The zero-order valence-corrected chi connectivity index (χ0v) is 9.20. The Morgan fingerprint density at radius 2 is 1.90 bits per heavy atom. The molecule has 0 spiro atoms. The van der Waals surface area contributed by atoms with Crippen molar-refractivity contribution >= 4 is 12.0 Å². The van der Waals surface area contributed by atoms with E-state index in [2.05, 4.69) is 17.3 Å². The van der Waals surface area contributed by atoms with Gasteiger partial charge in [0, 0.05) is 0 Å². The van der Waals surface area contributed by atoms with Crippen molar-refractivity contribution in [1.82, 2.24) is 0 Å². The molecular formula is C7H9NOW. The van der Waals surface area contributed by atoms with Gasteiger partial charge in [0.25, 0.3) is 0 Å². The van der Waals surface area contributed by atoms with Crippen molar-refractivity contribution in [2.45, 2.75) is 20.8 Å². The van der Waals surface area contributed by atoms with E-state index >= 15 is 0 Å². The van der Waals surface area contributed by atoms with E-state index < -0.39 is 0 Å². The molecule has 0 unspecified atom stereocenters. The Bertz CT molecular complexity index is 161. The first kappa shape index (κ1) is 12.4. The van der Waals surface area contributed by atoms with Crippen LogP contribution in [0.25, 0.3) is 0 Å². The fraction of sp³-hybridized carbons (Fsp3) is 0.429. The number of Topliss-reactive ketones (excluding diaryl/α,β-unsaturated/α-hetero) is 1. The van der Waals surface area contributed by atoms with Gasteiger partial charge >= 0.3 is 21.1 Å². The summed E-state index contributed by atoms with van der Waals surface area (Å²) in [6, 6.07) is 0. The summed E-state index contributed by atoms with van der Waals surface area (Å²) in [7, 11) is 0. The van der Waals surface area contributed by atoms with Gasteiger partial charge in [-0.2, -0.15) is 6.21 Å². The molecular weight excluding hydrogens is 298 g/mol. The molecule has 0 aliphatic heterocycles. The maximum Gasteiger partial charge on any atom is 2.00 e. The quantitative estimate of drug-likeness (QED) is 0.429. The Morgan fingerprint density at radius 3 is 2.20 bits per heavy atom. The number of hydrogen-bond donors (Lipinski definition) is 0. The Balaban J connectivity index is 0. The third-order valence-corrected chi connectivity index (χ3v) is 0.636. The number of allylic oxidation sites excluding steroid dienone is 2. The molecule has 0 N–H and O–H groups in total. The van der Waals surface area contributed by atoms with Crippen LogP contribution in [0.3, 0.4) is 0 Å². The van der Waals surface area contributed by atoms with E-state index in [-0.39, 0.29) is 26.8 Å². The number of ketones is 1.